The summed E-state index contributed by atoms with van der Waals surface area (Å²) in [5.74, 6) is -1.02. The van der Waals surface area contributed by atoms with Crippen LogP contribution in [0.15, 0.2) is 79.0 Å². The van der Waals surface area contributed by atoms with Crippen LogP contribution in [-0.4, -0.2) is 46.0 Å². The summed E-state index contributed by atoms with van der Waals surface area (Å²) in [4.78, 5) is 27.0. The van der Waals surface area contributed by atoms with Crippen LogP contribution in [0.5, 0.6) is 0 Å². The van der Waals surface area contributed by atoms with Gasteiger partial charge < -0.3 is 14.8 Å². The number of hydrogen-bond acceptors (Lipinski definition) is 4. The molecule has 3 aromatic carbocycles. The number of fused-ring (bicyclic) bond motifs is 1. The van der Waals surface area contributed by atoms with Crippen LogP contribution in [0.3, 0.4) is 0 Å². The lowest BCUT2D eigenvalue weighted by Gasteiger charge is -2.21. The number of non-ortho nitro benzene ring substituents is 1. The molecule has 0 saturated heterocycles. The Hall–Kier alpha value is -4.04. The summed E-state index contributed by atoms with van der Waals surface area (Å²) in [6.07, 6.45) is 3.89. The topological polar surface area (TPSA) is 80.4 Å². The van der Waals surface area contributed by atoms with E-state index in [-0.39, 0.29) is 24.1 Å². The SMILES string of the molecule is CCN(CC)CCC[C@H](C)NC(=O)C[C@H](c1cccc(F)c1)c1cn(Cc2ccccc2)c2ccc([N+](=O)[O-])cc12. The van der Waals surface area contributed by atoms with Crippen LogP contribution >= 0.6 is 0 Å². The zero-order valence-corrected chi connectivity index (χ0v) is 24.1. The normalized spacial score (nSPS) is 12.9. The van der Waals surface area contributed by atoms with Crippen LogP contribution in [0.25, 0.3) is 10.9 Å². The largest absolute Gasteiger partial charge is 0.354 e. The fourth-order valence-corrected chi connectivity index (χ4v) is 5.50. The molecule has 1 N–H and O–H groups in total. The van der Waals surface area contributed by atoms with Crippen molar-refractivity contribution < 1.29 is 14.1 Å². The predicted molar refractivity (Wildman–Crippen MR) is 162 cm³/mol. The minimum absolute atomic E-state index is 0.00766. The van der Waals surface area contributed by atoms with Crippen molar-refractivity contribution in [1.29, 1.82) is 0 Å². The second-order valence-corrected chi connectivity index (χ2v) is 10.6. The number of carbonyl (C=O) groups is 1. The van der Waals surface area contributed by atoms with E-state index in [0.717, 1.165) is 49.1 Å². The highest BCUT2D eigenvalue weighted by Crippen LogP contribution is 2.37. The standard InChI is InChI=1S/C33H39FN4O3/c1-4-36(5-2)18-10-11-24(3)35-33(39)21-29(26-14-9-15-27(34)19-26)31-23-37(22-25-12-7-6-8-13-25)32-17-16-28(38(40)41)20-30(31)32/h6-9,12-17,19-20,23-24,29H,4-5,10-11,18,21-22H2,1-3H3,(H,35,39)/t24-,29+/m0/s1. The Morgan fingerprint density at radius 3 is 2.49 bits per heavy atom. The molecule has 4 aromatic rings. The molecule has 0 saturated carbocycles. The maximum atomic E-state index is 14.4. The third kappa shape index (κ3) is 7.79. The summed E-state index contributed by atoms with van der Waals surface area (Å²) in [5.41, 5.74) is 3.28. The van der Waals surface area contributed by atoms with Crippen molar-refractivity contribution >= 4 is 22.5 Å². The molecule has 0 aliphatic rings. The lowest BCUT2D eigenvalue weighted by Crippen LogP contribution is -2.34. The number of nitro groups is 1. The fraction of sp³-hybridized carbons (Fsp3) is 0.364. The number of hydrogen-bond donors (Lipinski definition) is 1. The number of carbonyl (C=O) groups excluding carboxylic acids is 1. The summed E-state index contributed by atoms with van der Waals surface area (Å²) < 4.78 is 16.5. The molecule has 0 aliphatic carbocycles. The number of nitrogens with one attached hydrogen (secondary N) is 1. The van der Waals surface area contributed by atoms with E-state index >= 15 is 0 Å². The van der Waals surface area contributed by atoms with Crippen molar-refractivity contribution in [2.75, 3.05) is 19.6 Å². The van der Waals surface area contributed by atoms with Gasteiger partial charge in [-0.1, -0.05) is 56.3 Å². The highest BCUT2D eigenvalue weighted by atomic mass is 19.1. The zero-order valence-electron chi connectivity index (χ0n) is 24.1. The van der Waals surface area contributed by atoms with Crippen molar-refractivity contribution in [3.05, 3.63) is 112 Å². The van der Waals surface area contributed by atoms with Crippen LogP contribution < -0.4 is 5.32 Å². The Kier molecular flexibility index (Phi) is 10.2. The molecule has 8 heteroatoms. The zero-order chi connectivity index (χ0) is 29.4. The summed E-state index contributed by atoms with van der Waals surface area (Å²) in [5, 5.41) is 15.5. The van der Waals surface area contributed by atoms with Crippen LogP contribution in [0, 0.1) is 15.9 Å². The van der Waals surface area contributed by atoms with E-state index < -0.39 is 16.7 Å². The molecule has 1 heterocycles. The maximum Gasteiger partial charge on any atom is 0.270 e. The van der Waals surface area contributed by atoms with Crippen molar-refractivity contribution in [2.24, 2.45) is 0 Å². The Morgan fingerprint density at radius 1 is 1.05 bits per heavy atom. The Labute approximate surface area is 241 Å². The van der Waals surface area contributed by atoms with Gasteiger partial charge in [-0.25, -0.2) is 4.39 Å². The third-order valence-electron chi connectivity index (χ3n) is 7.73. The number of benzene rings is 3. The van der Waals surface area contributed by atoms with Crippen LogP contribution in [0.2, 0.25) is 0 Å². The number of rotatable bonds is 14. The highest BCUT2D eigenvalue weighted by molar-refractivity contribution is 5.88. The molecule has 0 spiro atoms. The summed E-state index contributed by atoms with van der Waals surface area (Å²) in [6, 6.07) is 21.0. The van der Waals surface area contributed by atoms with E-state index in [1.807, 2.05) is 54.1 Å². The lowest BCUT2D eigenvalue weighted by atomic mass is 9.87. The van der Waals surface area contributed by atoms with Crippen molar-refractivity contribution in [3.8, 4) is 0 Å². The second kappa shape index (κ2) is 14.0. The van der Waals surface area contributed by atoms with Gasteiger partial charge in [0.1, 0.15) is 5.82 Å². The lowest BCUT2D eigenvalue weighted by molar-refractivity contribution is -0.384. The molecule has 0 unspecified atom stereocenters. The quantitative estimate of drug-likeness (QED) is 0.135. The van der Waals surface area contributed by atoms with E-state index in [1.165, 1.54) is 18.2 Å². The van der Waals surface area contributed by atoms with Gasteiger partial charge in [0.25, 0.3) is 5.69 Å². The Morgan fingerprint density at radius 2 is 1.80 bits per heavy atom. The minimum atomic E-state index is -0.491. The first-order valence-electron chi connectivity index (χ1n) is 14.4. The van der Waals surface area contributed by atoms with Gasteiger partial charge in [0.15, 0.2) is 0 Å². The third-order valence-corrected chi connectivity index (χ3v) is 7.73. The number of nitro benzene ring substituents is 1. The van der Waals surface area contributed by atoms with Gasteiger partial charge in [-0.3, -0.25) is 14.9 Å². The molecule has 2 atom stereocenters. The van der Waals surface area contributed by atoms with Gasteiger partial charge in [-0.2, -0.15) is 0 Å². The first-order chi connectivity index (χ1) is 19.8. The van der Waals surface area contributed by atoms with Crippen molar-refractivity contribution in [2.45, 2.75) is 58.5 Å². The van der Waals surface area contributed by atoms with Gasteiger partial charge in [-0.15, -0.1) is 0 Å². The van der Waals surface area contributed by atoms with Gasteiger partial charge in [0, 0.05) is 54.2 Å². The first kappa shape index (κ1) is 29.9. The van der Waals surface area contributed by atoms with Crippen molar-refractivity contribution in [3.63, 3.8) is 0 Å². The average Bonchev–Trinajstić information content (AvgIpc) is 3.31. The van der Waals surface area contributed by atoms with Gasteiger partial charge in [0.05, 0.1) is 4.92 Å². The van der Waals surface area contributed by atoms with Gasteiger partial charge in [-0.05, 0) is 74.3 Å². The Balaban J connectivity index is 1.67. The van der Waals surface area contributed by atoms with E-state index in [0.29, 0.717) is 17.5 Å². The monoisotopic (exact) mass is 558 g/mol. The van der Waals surface area contributed by atoms with Gasteiger partial charge in [0.2, 0.25) is 5.91 Å². The predicted octanol–water partition coefficient (Wildman–Crippen LogP) is 6.89. The molecular weight excluding hydrogens is 519 g/mol. The molecule has 4 rings (SSSR count). The molecule has 0 aliphatic heterocycles. The molecule has 0 radical (unpaired) electrons. The summed E-state index contributed by atoms with van der Waals surface area (Å²) >= 11 is 0. The smallest absolute Gasteiger partial charge is 0.270 e. The van der Waals surface area contributed by atoms with E-state index in [9.17, 15) is 19.3 Å². The molecule has 216 valence electrons. The maximum absolute atomic E-state index is 14.4. The van der Waals surface area contributed by atoms with Crippen LogP contribution in [0.1, 0.15) is 62.6 Å². The summed E-state index contributed by atoms with van der Waals surface area (Å²) in [7, 11) is 0. The fourth-order valence-electron chi connectivity index (χ4n) is 5.50. The highest BCUT2D eigenvalue weighted by Gasteiger charge is 2.25. The number of amides is 1. The number of aromatic nitrogens is 1. The number of nitrogens with zero attached hydrogens (tertiary/aromatic N) is 3. The average molecular weight is 559 g/mol. The molecule has 1 amide bonds. The van der Waals surface area contributed by atoms with E-state index in [2.05, 4.69) is 24.1 Å². The van der Waals surface area contributed by atoms with Crippen LogP contribution in [-0.2, 0) is 11.3 Å². The molecule has 0 fully saturated rings. The van der Waals surface area contributed by atoms with E-state index in [4.69, 9.17) is 0 Å². The van der Waals surface area contributed by atoms with Gasteiger partial charge >= 0.3 is 0 Å². The number of halogens is 1. The van der Waals surface area contributed by atoms with Crippen LogP contribution in [0.4, 0.5) is 10.1 Å². The van der Waals surface area contributed by atoms with E-state index in [1.54, 1.807) is 18.2 Å². The Bertz CT molecular complexity index is 1470. The first-order valence-corrected chi connectivity index (χ1v) is 14.4. The molecule has 7 nitrogen and oxygen atoms in total. The second-order valence-electron chi connectivity index (χ2n) is 10.6. The molecule has 0 bridgehead atoms. The molecule has 41 heavy (non-hydrogen) atoms. The van der Waals surface area contributed by atoms with Crippen molar-refractivity contribution in [1.82, 2.24) is 14.8 Å². The summed E-state index contributed by atoms with van der Waals surface area (Å²) in [6.45, 7) is 9.84. The molecular formula is C33H39FN4O3. The molecule has 1 aromatic heterocycles. The minimum Gasteiger partial charge on any atom is -0.354 e.